The van der Waals surface area contributed by atoms with Gasteiger partial charge in [0.05, 0.1) is 22.8 Å². The van der Waals surface area contributed by atoms with Gasteiger partial charge < -0.3 is 10.5 Å². The quantitative estimate of drug-likeness (QED) is 0.745. The van der Waals surface area contributed by atoms with Crippen LogP contribution in [0.15, 0.2) is 16.6 Å². The van der Waals surface area contributed by atoms with Crippen molar-refractivity contribution in [3.05, 3.63) is 22.2 Å². The number of halogens is 1. The predicted octanol–water partition coefficient (Wildman–Crippen LogP) is 1.91. The van der Waals surface area contributed by atoms with Crippen molar-refractivity contribution < 1.29 is 4.74 Å². The first-order valence-electron chi connectivity index (χ1n) is 3.22. The van der Waals surface area contributed by atoms with Crippen LogP contribution in [0.1, 0.15) is 5.56 Å². The van der Waals surface area contributed by atoms with Crippen molar-refractivity contribution in [2.24, 2.45) is 0 Å². The normalized spacial score (nSPS) is 9.08. The molecule has 62 valence electrons. The molecule has 0 aliphatic carbocycles. The lowest BCUT2D eigenvalue weighted by molar-refractivity contribution is 0.416. The molecule has 1 aromatic rings. The number of benzene rings is 1. The van der Waals surface area contributed by atoms with Gasteiger partial charge >= 0.3 is 0 Å². The molecule has 0 aliphatic heterocycles. The molecular weight excluding hydrogens is 220 g/mol. The molecule has 0 atom stereocenters. The van der Waals surface area contributed by atoms with Gasteiger partial charge in [-0.25, -0.2) is 0 Å². The number of rotatable bonds is 1. The molecule has 0 unspecified atom stereocenters. The lowest BCUT2D eigenvalue weighted by Gasteiger charge is -2.06. The van der Waals surface area contributed by atoms with E-state index in [-0.39, 0.29) is 0 Å². The zero-order valence-electron chi connectivity index (χ0n) is 6.47. The minimum atomic E-state index is 0.455. The second-order valence-corrected chi connectivity index (χ2v) is 2.95. The molecule has 2 N–H and O–H groups in total. The minimum Gasteiger partial charge on any atom is -0.495 e. The fourth-order valence-electron chi connectivity index (χ4n) is 0.840. The summed E-state index contributed by atoms with van der Waals surface area (Å²) in [5.41, 5.74) is 6.61. The number of ether oxygens (including phenoxy) is 1. The van der Waals surface area contributed by atoms with E-state index in [1.54, 1.807) is 12.1 Å². The topological polar surface area (TPSA) is 59.0 Å². The van der Waals surface area contributed by atoms with Crippen molar-refractivity contribution >= 4 is 21.6 Å². The van der Waals surface area contributed by atoms with Gasteiger partial charge in [-0.15, -0.1) is 0 Å². The first-order chi connectivity index (χ1) is 5.70. The van der Waals surface area contributed by atoms with Gasteiger partial charge in [0.2, 0.25) is 0 Å². The summed E-state index contributed by atoms with van der Waals surface area (Å²) in [6.45, 7) is 0. The summed E-state index contributed by atoms with van der Waals surface area (Å²) in [6, 6.07) is 5.32. The SMILES string of the molecule is COc1ccc(C#N)c(Br)c1N. The lowest BCUT2D eigenvalue weighted by atomic mass is 10.2. The van der Waals surface area contributed by atoms with Gasteiger partial charge in [-0.1, -0.05) is 0 Å². The maximum Gasteiger partial charge on any atom is 0.143 e. The Balaban J connectivity index is 3.32. The Hall–Kier alpha value is -1.21. The number of anilines is 1. The van der Waals surface area contributed by atoms with E-state index in [0.29, 0.717) is 21.5 Å². The number of nitrogens with zero attached hydrogens (tertiary/aromatic N) is 1. The summed E-state index contributed by atoms with van der Waals surface area (Å²) in [7, 11) is 1.53. The maximum atomic E-state index is 8.63. The molecule has 1 rings (SSSR count). The van der Waals surface area contributed by atoms with E-state index in [1.165, 1.54) is 7.11 Å². The van der Waals surface area contributed by atoms with Crippen LogP contribution in [0.5, 0.6) is 5.75 Å². The van der Waals surface area contributed by atoms with E-state index in [1.807, 2.05) is 6.07 Å². The van der Waals surface area contributed by atoms with E-state index >= 15 is 0 Å². The predicted molar refractivity (Wildman–Crippen MR) is 49.8 cm³/mol. The third-order valence-corrected chi connectivity index (χ3v) is 2.33. The van der Waals surface area contributed by atoms with Gasteiger partial charge in [0.15, 0.2) is 0 Å². The monoisotopic (exact) mass is 226 g/mol. The van der Waals surface area contributed by atoms with Crippen LogP contribution in [0.3, 0.4) is 0 Å². The zero-order valence-corrected chi connectivity index (χ0v) is 8.05. The third-order valence-electron chi connectivity index (χ3n) is 1.48. The highest BCUT2D eigenvalue weighted by Crippen LogP contribution is 2.31. The average molecular weight is 227 g/mol. The molecule has 0 saturated carbocycles. The lowest BCUT2D eigenvalue weighted by Crippen LogP contribution is -1.94. The second kappa shape index (κ2) is 3.46. The van der Waals surface area contributed by atoms with Crippen LogP contribution < -0.4 is 10.5 Å². The first kappa shape index (κ1) is 8.88. The maximum absolute atomic E-state index is 8.63. The molecule has 4 heteroatoms. The molecule has 0 heterocycles. The number of nitriles is 1. The van der Waals surface area contributed by atoms with Gasteiger partial charge in [0, 0.05) is 0 Å². The van der Waals surface area contributed by atoms with E-state index in [2.05, 4.69) is 15.9 Å². The van der Waals surface area contributed by atoms with Crippen LogP contribution in [0, 0.1) is 11.3 Å². The third kappa shape index (κ3) is 1.36. The summed E-state index contributed by atoms with van der Waals surface area (Å²) in [5.74, 6) is 0.570. The molecule has 0 amide bonds. The number of methoxy groups -OCH3 is 1. The largest absolute Gasteiger partial charge is 0.495 e. The average Bonchev–Trinajstić information content (AvgIpc) is 2.10. The van der Waals surface area contributed by atoms with Crippen molar-refractivity contribution in [2.45, 2.75) is 0 Å². The molecule has 0 aliphatic rings. The summed E-state index contributed by atoms with van der Waals surface area (Å²) >= 11 is 3.20. The van der Waals surface area contributed by atoms with Crippen molar-refractivity contribution in [1.82, 2.24) is 0 Å². The highest BCUT2D eigenvalue weighted by molar-refractivity contribution is 9.10. The molecule has 0 saturated heterocycles. The molecule has 0 bridgehead atoms. The van der Waals surface area contributed by atoms with Gasteiger partial charge in [-0.3, -0.25) is 0 Å². The highest BCUT2D eigenvalue weighted by atomic mass is 79.9. The standard InChI is InChI=1S/C8H7BrN2O/c1-12-6-3-2-5(4-10)7(9)8(6)11/h2-3H,11H2,1H3. The Kier molecular flexibility index (Phi) is 2.56. The molecule has 1 aromatic carbocycles. The number of nitrogen functional groups attached to an aromatic ring is 1. The zero-order chi connectivity index (χ0) is 9.14. The summed E-state index contributed by atoms with van der Waals surface area (Å²) in [5, 5.41) is 8.63. The Morgan fingerprint density at radius 1 is 1.58 bits per heavy atom. The van der Waals surface area contributed by atoms with Crippen LogP contribution in [0.2, 0.25) is 0 Å². The number of hydrogen-bond acceptors (Lipinski definition) is 3. The van der Waals surface area contributed by atoms with Crippen molar-refractivity contribution in [3.8, 4) is 11.8 Å². The Bertz CT molecular complexity index is 344. The summed E-state index contributed by atoms with van der Waals surface area (Å²) < 4.78 is 5.55. The summed E-state index contributed by atoms with van der Waals surface area (Å²) in [6.07, 6.45) is 0. The first-order valence-corrected chi connectivity index (χ1v) is 4.02. The van der Waals surface area contributed by atoms with Crippen molar-refractivity contribution in [3.63, 3.8) is 0 Å². The van der Waals surface area contributed by atoms with Crippen LogP contribution in [0.4, 0.5) is 5.69 Å². The number of nitrogens with two attached hydrogens (primary N) is 1. The fraction of sp³-hybridized carbons (Fsp3) is 0.125. The fourth-order valence-corrected chi connectivity index (χ4v) is 1.26. The van der Waals surface area contributed by atoms with Crippen LogP contribution in [-0.4, -0.2) is 7.11 Å². The van der Waals surface area contributed by atoms with Gasteiger partial charge in [-0.2, -0.15) is 5.26 Å². The molecule has 12 heavy (non-hydrogen) atoms. The Morgan fingerprint density at radius 2 is 2.25 bits per heavy atom. The van der Waals surface area contributed by atoms with E-state index in [4.69, 9.17) is 15.7 Å². The highest BCUT2D eigenvalue weighted by Gasteiger charge is 2.07. The molecule has 0 fully saturated rings. The summed E-state index contributed by atoms with van der Waals surface area (Å²) in [4.78, 5) is 0. The molecule has 0 radical (unpaired) electrons. The smallest absolute Gasteiger partial charge is 0.143 e. The van der Waals surface area contributed by atoms with Crippen molar-refractivity contribution in [1.29, 1.82) is 5.26 Å². The van der Waals surface area contributed by atoms with Crippen LogP contribution in [-0.2, 0) is 0 Å². The van der Waals surface area contributed by atoms with Gasteiger partial charge in [-0.05, 0) is 28.1 Å². The van der Waals surface area contributed by atoms with E-state index in [9.17, 15) is 0 Å². The molecule has 0 spiro atoms. The molecule has 3 nitrogen and oxygen atoms in total. The van der Waals surface area contributed by atoms with Gasteiger partial charge in [0.25, 0.3) is 0 Å². The van der Waals surface area contributed by atoms with Crippen molar-refractivity contribution in [2.75, 3.05) is 12.8 Å². The van der Waals surface area contributed by atoms with Crippen LogP contribution >= 0.6 is 15.9 Å². The van der Waals surface area contributed by atoms with E-state index in [0.717, 1.165) is 0 Å². The minimum absolute atomic E-state index is 0.455. The van der Waals surface area contributed by atoms with E-state index < -0.39 is 0 Å². The Labute approximate surface area is 78.9 Å². The second-order valence-electron chi connectivity index (χ2n) is 2.15. The number of hydrogen-bond donors (Lipinski definition) is 1. The Morgan fingerprint density at radius 3 is 2.75 bits per heavy atom. The van der Waals surface area contributed by atoms with Crippen LogP contribution in [0.25, 0.3) is 0 Å². The van der Waals surface area contributed by atoms with Gasteiger partial charge in [0.1, 0.15) is 11.8 Å². The molecule has 0 aromatic heterocycles. The molecular formula is C8H7BrN2O.